The van der Waals surface area contributed by atoms with Crippen LogP contribution in [0, 0.1) is 0 Å². The van der Waals surface area contributed by atoms with Gasteiger partial charge in [-0.15, -0.1) is 0 Å². The first-order valence-corrected chi connectivity index (χ1v) is 6.40. The maximum Gasteiger partial charge on any atom is 0.160 e. The summed E-state index contributed by atoms with van der Waals surface area (Å²) in [7, 11) is 1.89. The van der Waals surface area contributed by atoms with Crippen LogP contribution in [-0.4, -0.2) is 36.8 Å². The van der Waals surface area contributed by atoms with E-state index in [1.807, 2.05) is 14.0 Å². The molecule has 1 N–H and O–H groups in total. The van der Waals surface area contributed by atoms with Crippen LogP contribution in [0.4, 0.5) is 0 Å². The van der Waals surface area contributed by atoms with E-state index >= 15 is 0 Å². The van der Waals surface area contributed by atoms with Gasteiger partial charge in [0.25, 0.3) is 0 Å². The van der Waals surface area contributed by atoms with Crippen molar-refractivity contribution in [2.24, 2.45) is 0 Å². The van der Waals surface area contributed by atoms with Gasteiger partial charge in [-0.2, -0.15) is 0 Å². The minimum absolute atomic E-state index is 0.318. The van der Waals surface area contributed by atoms with E-state index in [4.69, 9.17) is 9.47 Å². The highest BCUT2D eigenvalue weighted by atomic mass is 16.5. The van der Waals surface area contributed by atoms with Crippen LogP contribution in [0.3, 0.4) is 0 Å². The lowest BCUT2D eigenvalue weighted by Crippen LogP contribution is -2.14. The van der Waals surface area contributed by atoms with Crippen molar-refractivity contribution in [1.82, 2.24) is 15.3 Å². The average molecular weight is 253 g/mol. The summed E-state index contributed by atoms with van der Waals surface area (Å²) in [5.41, 5.74) is 0.896. The number of nitrogens with one attached hydrogen (secondary N) is 1. The van der Waals surface area contributed by atoms with Gasteiger partial charge < -0.3 is 14.8 Å². The lowest BCUT2D eigenvalue weighted by Gasteiger charge is -2.12. The molecule has 1 aromatic rings. The molecule has 0 aliphatic carbocycles. The monoisotopic (exact) mass is 253 g/mol. The second kappa shape index (κ2) is 8.00. The SMILES string of the molecule is CCOCCOc1cnc(C(C)C)nc1CNC. The molecule has 18 heavy (non-hydrogen) atoms. The van der Waals surface area contributed by atoms with Crippen molar-refractivity contribution in [2.75, 3.05) is 26.9 Å². The molecule has 1 aromatic heterocycles. The van der Waals surface area contributed by atoms with E-state index in [-0.39, 0.29) is 0 Å². The summed E-state index contributed by atoms with van der Waals surface area (Å²) < 4.78 is 10.9. The lowest BCUT2D eigenvalue weighted by molar-refractivity contribution is 0.109. The molecule has 0 spiro atoms. The smallest absolute Gasteiger partial charge is 0.160 e. The van der Waals surface area contributed by atoms with Crippen molar-refractivity contribution < 1.29 is 9.47 Å². The van der Waals surface area contributed by atoms with Gasteiger partial charge in [-0.1, -0.05) is 13.8 Å². The highest BCUT2D eigenvalue weighted by molar-refractivity contribution is 5.25. The Morgan fingerprint density at radius 3 is 2.72 bits per heavy atom. The van der Waals surface area contributed by atoms with E-state index in [9.17, 15) is 0 Å². The summed E-state index contributed by atoms with van der Waals surface area (Å²) in [4.78, 5) is 8.84. The van der Waals surface area contributed by atoms with Crippen LogP contribution >= 0.6 is 0 Å². The van der Waals surface area contributed by atoms with Crippen molar-refractivity contribution in [3.8, 4) is 5.75 Å². The molecular weight excluding hydrogens is 230 g/mol. The number of ether oxygens (including phenoxy) is 2. The summed E-state index contributed by atoms with van der Waals surface area (Å²) in [6, 6.07) is 0. The highest BCUT2D eigenvalue weighted by Crippen LogP contribution is 2.18. The molecule has 0 radical (unpaired) electrons. The molecule has 0 saturated carbocycles. The second-order valence-electron chi connectivity index (χ2n) is 4.27. The van der Waals surface area contributed by atoms with E-state index < -0.39 is 0 Å². The van der Waals surface area contributed by atoms with Crippen LogP contribution in [0.15, 0.2) is 6.20 Å². The number of hydrogen-bond acceptors (Lipinski definition) is 5. The Labute approximate surface area is 109 Å². The number of nitrogens with zero attached hydrogens (tertiary/aromatic N) is 2. The van der Waals surface area contributed by atoms with Crippen molar-refractivity contribution in [3.05, 3.63) is 17.7 Å². The Kier molecular flexibility index (Phi) is 6.60. The zero-order chi connectivity index (χ0) is 13.4. The number of rotatable bonds is 8. The molecule has 0 bridgehead atoms. The van der Waals surface area contributed by atoms with E-state index in [2.05, 4.69) is 29.1 Å². The third kappa shape index (κ3) is 4.58. The molecule has 0 aromatic carbocycles. The van der Waals surface area contributed by atoms with E-state index in [0.717, 1.165) is 17.3 Å². The molecule has 5 nitrogen and oxygen atoms in total. The molecule has 1 heterocycles. The zero-order valence-corrected chi connectivity index (χ0v) is 11.7. The Morgan fingerprint density at radius 2 is 2.11 bits per heavy atom. The first-order chi connectivity index (χ1) is 8.69. The van der Waals surface area contributed by atoms with E-state index in [1.165, 1.54) is 0 Å². The Bertz CT molecular complexity index is 356. The number of hydrogen-bond donors (Lipinski definition) is 1. The van der Waals surface area contributed by atoms with Gasteiger partial charge in [-0.05, 0) is 14.0 Å². The van der Waals surface area contributed by atoms with Gasteiger partial charge in [0.2, 0.25) is 0 Å². The molecule has 0 saturated heterocycles. The summed E-state index contributed by atoms with van der Waals surface area (Å²) >= 11 is 0. The molecule has 0 atom stereocenters. The predicted octanol–water partition coefficient (Wildman–Crippen LogP) is 1.73. The Morgan fingerprint density at radius 1 is 1.33 bits per heavy atom. The van der Waals surface area contributed by atoms with E-state index in [1.54, 1.807) is 6.20 Å². The molecule has 0 amide bonds. The average Bonchev–Trinajstić information content (AvgIpc) is 2.36. The highest BCUT2D eigenvalue weighted by Gasteiger charge is 2.10. The van der Waals surface area contributed by atoms with Crippen molar-refractivity contribution in [3.63, 3.8) is 0 Å². The minimum atomic E-state index is 0.318. The maximum atomic E-state index is 5.64. The molecular formula is C13H23N3O2. The molecule has 1 rings (SSSR count). The van der Waals surface area contributed by atoms with Crippen molar-refractivity contribution in [2.45, 2.75) is 33.2 Å². The van der Waals surface area contributed by atoms with Crippen LogP contribution in [0.5, 0.6) is 5.75 Å². The fourth-order valence-electron chi connectivity index (χ4n) is 1.47. The van der Waals surface area contributed by atoms with Crippen LogP contribution in [0.1, 0.15) is 38.2 Å². The molecule has 5 heteroatoms. The van der Waals surface area contributed by atoms with Gasteiger partial charge in [0.1, 0.15) is 12.4 Å². The third-order valence-corrected chi connectivity index (χ3v) is 2.40. The summed E-state index contributed by atoms with van der Waals surface area (Å²) in [5.74, 6) is 1.89. The van der Waals surface area contributed by atoms with Gasteiger partial charge in [-0.25, -0.2) is 9.97 Å². The third-order valence-electron chi connectivity index (χ3n) is 2.40. The van der Waals surface area contributed by atoms with Crippen LogP contribution < -0.4 is 10.1 Å². The summed E-state index contributed by atoms with van der Waals surface area (Å²) in [6.07, 6.45) is 1.75. The van der Waals surface area contributed by atoms with Gasteiger partial charge >= 0.3 is 0 Å². The molecule has 0 unspecified atom stereocenters. The lowest BCUT2D eigenvalue weighted by atomic mass is 10.2. The summed E-state index contributed by atoms with van der Waals surface area (Å²) in [5, 5.41) is 3.09. The van der Waals surface area contributed by atoms with Gasteiger partial charge in [0.05, 0.1) is 18.5 Å². The van der Waals surface area contributed by atoms with Gasteiger partial charge in [0, 0.05) is 19.1 Å². The summed E-state index contributed by atoms with van der Waals surface area (Å²) in [6.45, 7) is 8.60. The zero-order valence-electron chi connectivity index (χ0n) is 11.7. The van der Waals surface area contributed by atoms with Gasteiger partial charge in [-0.3, -0.25) is 0 Å². The molecule has 102 valence electrons. The van der Waals surface area contributed by atoms with Crippen LogP contribution in [0.25, 0.3) is 0 Å². The standard InChI is InChI=1S/C13H23N3O2/c1-5-17-6-7-18-12-9-15-13(10(2)3)16-11(12)8-14-4/h9-10,14H,5-8H2,1-4H3. The predicted molar refractivity (Wildman–Crippen MR) is 70.9 cm³/mol. The molecule has 0 aliphatic rings. The van der Waals surface area contributed by atoms with Crippen LogP contribution in [0.2, 0.25) is 0 Å². The topological polar surface area (TPSA) is 56.3 Å². The quantitative estimate of drug-likeness (QED) is 0.715. The van der Waals surface area contributed by atoms with Crippen molar-refractivity contribution in [1.29, 1.82) is 0 Å². The fourth-order valence-corrected chi connectivity index (χ4v) is 1.47. The Hall–Kier alpha value is -1.20. The Balaban J connectivity index is 2.70. The first kappa shape index (κ1) is 14.9. The molecule has 0 aliphatic heterocycles. The maximum absolute atomic E-state index is 5.64. The van der Waals surface area contributed by atoms with Crippen LogP contribution in [-0.2, 0) is 11.3 Å². The largest absolute Gasteiger partial charge is 0.488 e. The van der Waals surface area contributed by atoms with Crippen molar-refractivity contribution >= 4 is 0 Å². The van der Waals surface area contributed by atoms with E-state index in [0.29, 0.717) is 32.3 Å². The normalized spacial score (nSPS) is 10.9. The number of aromatic nitrogens is 2. The fraction of sp³-hybridized carbons (Fsp3) is 0.692. The van der Waals surface area contributed by atoms with Gasteiger partial charge in [0.15, 0.2) is 5.75 Å². The second-order valence-corrected chi connectivity index (χ2v) is 4.27. The first-order valence-electron chi connectivity index (χ1n) is 6.40. The minimum Gasteiger partial charge on any atom is -0.488 e. The molecule has 0 fully saturated rings.